The summed E-state index contributed by atoms with van der Waals surface area (Å²) in [6, 6.07) is 11.9. The minimum atomic E-state index is -0.526. The summed E-state index contributed by atoms with van der Waals surface area (Å²) in [4.78, 5) is 38.1. The number of hydrogen-bond donors (Lipinski definition) is 1. The van der Waals surface area contributed by atoms with Crippen molar-refractivity contribution in [1.29, 1.82) is 0 Å². The lowest BCUT2D eigenvalue weighted by Gasteiger charge is -2.13. The molecule has 2 aromatic carbocycles. The molecule has 0 aromatic heterocycles. The molecule has 0 unspecified atom stereocenters. The Morgan fingerprint density at radius 3 is 2.79 bits per heavy atom. The van der Waals surface area contributed by atoms with E-state index in [4.69, 9.17) is 21.1 Å². The van der Waals surface area contributed by atoms with E-state index in [1.54, 1.807) is 48.5 Å². The number of anilines is 1. The van der Waals surface area contributed by atoms with Gasteiger partial charge in [0.05, 0.1) is 15.6 Å². The van der Waals surface area contributed by atoms with Crippen LogP contribution in [0.2, 0.25) is 5.02 Å². The normalized spacial score (nSPS) is 16.8. The SMILES string of the molecule is O=C(CN1C(=O)S/C(=C/c2ccc3c(c2)OCO3)C1=O)Nc1ccccc1Cl. The molecule has 2 aromatic rings. The molecule has 9 heteroatoms. The Morgan fingerprint density at radius 1 is 1.18 bits per heavy atom. The highest BCUT2D eigenvalue weighted by molar-refractivity contribution is 8.18. The molecule has 1 N–H and O–H groups in total. The number of thioether (sulfide) groups is 1. The van der Waals surface area contributed by atoms with Crippen molar-refractivity contribution < 1.29 is 23.9 Å². The van der Waals surface area contributed by atoms with Crippen LogP contribution in [0, 0.1) is 0 Å². The summed E-state index contributed by atoms with van der Waals surface area (Å²) in [6.07, 6.45) is 1.58. The van der Waals surface area contributed by atoms with Gasteiger partial charge in [-0.15, -0.1) is 0 Å². The first-order chi connectivity index (χ1) is 13.5. The lowest BCUT2D eigenvalue weighted by Crippen LogP contribution is -2.36. The number of halogens is 1. The second-order valence-electron chi connectivity index (χ2n) is 5.91. The molecule has 0 bridgehead atoms. The molecular weight excluding hydrogens is 404 g/mol. The van der Waals surface area contributed by atoms with Gasteiger partial charge in [-0.05, 0) is 47.7 Å². The summed E-state index contributed by atoms with van der Waals surface area (Å²) in [7, 11) is 0. The summed E-state index contributed by atoms with van der Waals surface area (Å²) in [5.74, 6) is 0.162. The van der Waals surface area contributed by atoms with Crippen LogP contribution < -0.4 is 14.8 Å². The van der Waals surface area contributed by atoms with Crippen molar-refractivity contribution >= 4 is 52.2 Å². The van der Waals surface area contributed by atoms with E-state index in [9.17, 15) is 14.4 Å². The molecule has 142 valence electrons. The number of fused-ring (bicyclic) bond motifs is 1. The number of rotatable bonds is 4. The maximum absolute atomic E-state index is 12.6. The molecule has 2 aliphatic rings. The van der Waals surface area contributed by atoms with E-state index in [0.29, 0.717) is 27.8 Å². The fourth-order valence-corrected chi connectivity index (χ4v) is 3.71. The van der Waals surface area contributed by atoms with Gasteiger partial charge >= 0.3 is 0 Å². The quantitative estimate of drug-likeness (QED) is 0.764. The van der Waals surface area contributed by atoms with Gasteiger partial charge in [0.2, 0.25) is 12.7 Å². The lowest BCUT2D eigenvalue weighted by atomic mass is 10.2. The lowest BCUT2D eigenvalue weighted by molar-refractivity contribution is -0.127. The number of imide groups is 1. The summed E-state index contributed by atoms with van der Waals surface area (Å²) in [5.41, 5.74) is 1.10. The van der Waals surface area contributed by atoms with E-state index in [2.05, 4.69) is 5.32 Å². The van der Waals surface area contributed by atoms with Crippen LogP contribution in [0.5, 0.6) is 11.5 Å². The van der Waals surface area contributed by atoms with Crippen molar-refractivity contribution in [2.45, 2.75) is 0 Å². The molecule has 0 aliphatic carbocycles. The van der Waals surface area contributed by atoms with Crippen molar-refractivity contribution in [3.8, 4) is 11.5 Å². The van der Waals surface area contributed by atoms with E-state index in [-0.39, 0.29) is 11.7 Å². The second-order valence-corrected chi connectivity index (χ2v) is 7.31. The summed E-state index contributed by atoms with van der Waals surface area (Å²) in [6.45, 7) is -0.246. The molecule has 1 saturated heterocycles. The van der Waals surface area contributed by atoms with Gasteiger partial charge in [-0.2, -0.15) is 0 Å². The van der Waals surface area contributed by atoms with Crippen LogP contribution in [0.15, 0.2) is 47.4 Å². The van der Waals surface area contributed by atoms with Crippen molar-refractivity contribution in [1.82, 2.24) is 4.90 Å². The largest absolute Gasteiger partial charge is 0.454 e. The number of benzene rings is 2. The molecule has 0 atom stereocenters. The molecule has 4 rings (SSSR count). The van der Waals surface area contributed by atoms with E-state index in [0.717, 1.165) is 16.7 Å². The minimum Gasteiger partial charge on any atom is -0.454 e. The van der Waals surface area contributed by atoms with Gasteiger partial charge in [-0.3, -0.25) is 19.3 Å². The van der Waals surface area contributed by atoms with E-state index in [1.807, 2.05) is 0 Å². The first kappa shape index (κ1) is 18.4. The third-order valence-electron chi connectivity index (χ3n) is 4.02. The number of carbonyl (C=O) groups is 3. The second kappa shape index (κ2) is 7.57. The highest BCUT2D eigenvalue weighted by Gasteiger charge is 2.36. The highest BCUT2D eigenvalue weighted by Crippen LogP contribution is 2.36. The fourth-order valence-electron chi connectivity index (χ4n) is 2.69. The zero-order valence-electron chi connectivity index (χ0n) is 14.3. The number of carbonyl (C=O) groups excluding carboxylic acids is 3. The smallest absolute Gasteiger partial charge is 0.294 e. The van der Waals surface area contributed by atoms with Crippen molar-refractivity contribution in [3.05, 3.63) is 58.0 Å². The first-order valence-electron chi connectivity index (χ1n) is 8.20. The highest BCUT2D eigenvalue weighted by atomic mass is 35.5. The zero-order valence-corrected chi connectivity index (χ0v) is 15.9. The fraction of sp³-hybridized carbons (Fsp3) is 0.105. The van der Waals surface area contributed by atoms with Crippen molar-refractivity contribution in [2.75, 3.05) is 18.7 Å². The number of hydrogen-bond acceptors (Lipinski definition) is 6. The maximum Gasteiger partial charge on any atom is 0.294 e. The van der Waals surface area contributed by atoms with Crippen molar-refractivity contribution in [2.24, 2.45) is 0 Å². The average Bonchev–Trinajstić information content (AvgIpc) is 3.23. The molecule has 3 amide bonds. The van der Waals surface area contributed by atoms with Crippen LogP contribution in [0.4, 0.5) is 10.5 Å². The van der Waals surface area contributed by atoms with Gasteiger partial charge in [0.25, 0.3) is 11.1 Å². The zero-order chi connectivity index (χ0) is 19.7. The number of nitrogens with zero attached hydrogens (tertiary/aromatic N) is 1. The van der Waals surface area contributed by atoms with E-state index >= 15 is 0 Å². The molecular formula is C19H13ClN2O5S. The molecule has 2 heterocycles. The molecule has 0 saturated carbocycles. The molecule has 0 spiro atoms. The molecule has 2 aliphatic heterocycles. The molecule has 7 nitrogen and oxygen atoms in total. The van der Waals surface area contributed by atoms with E-state index in [1.165, 1.54) is 0 Å². The van der Waals surface area contributed by atoms with Gasteiger partial charge in [0.1, 0.15) is 6.54 Å². The molecule has 28 heavy (non-hydrogen) atoms. The van der Waals surface area contributed by atoms with Gasteiger partial charge in [-0.25, -0.2) is 0 Å². The minimum absolute atomic E-state index is 0.149. The van der Waals surface area contributed by atoms with Crippen molar-refractivity contribution in [3.63, 3.8) is 0 Å². The Kier molecular flexibility index (Phi) is 4.97. The Morgan fingerprint density at radius 2 is 1.96 bits per heavy atom. The maximum atomic E-state index is 12.6. The van der Waals surface area contributed by atoms with Crippen LogP contribution in [-0.2, 0) is 9.59 Å². The third kappa shape index (κ3) is 3.69. The average molecular weight is 417 g/mol. The summed E-state index contributed by atoms with van der Waals surface area (Å²) < 4.78 is 10.6. The van der Waals surface area contributed by atoms with Gasteiger partial charge in [0, 0.05) is 0 Å². The monoisotopic (exact) mass is 416 g/mol. The summed E-state index contributed by atoms with van der Waals surface area (Å²) in [5, 5.41) is 2.46. The predicted octanol–water partition coefficient (Wildman–Crippen LogP) is 3.74. The van der Waals surface area contributed by atoms with Crippen LogP contribution >= 0.6 is 23.4 Å². The Balaban J connectivity index is 1.46. The van der Waals surface area contributed by atoms with Crippen LogP contribution in [0.25, 0.3) is 6.08 Å². The number of ether oxygens (including phenoxy) is 2. The van der Waals surface area contributed by atoms with Gasteiger partial charge in [0.15, 0.2) is 11.5 Å². The van der Waals surface area contributed by atoms with Crippen LogP contribution in [0.1, 0.15) is 5.56 Å². The predicted molar refractivity (Wildman–Crippen MR) is 105 cm³/mol. The number of amides is 3. The van der Waals surface area contributed by atoms with Gasteiger partial charge < -0.3 is 14.8 Å². The number of para-hydroxylation sites is 1. The first-order valence-corrected chi connectivity index (χ1v) is 9.40. The topological polar surface area (TPSA) is 84.9 Å². The standard InChI is InChI=1S/C19H13ClN2O5S/c20-12-3-1-2-4-13(12)21-17(23)9-22-18(24)16(28-19(22)25)8-11-5-6-14-15(7-11)27-10-26-14/h1-8H,9-10H2,(H,21,23)/b16-8+. The third-order valence-corrected chi connectivity index (χ3v) is 5.25. The Hall–Kier alpha value is -2.97. The van der Waals surface area contributed by atoms with Gasteiger partial charge in [-0.1, -0.05) is 29.8 Å². The Labute approximate surface area is 169 Å². The summed E-state index contributed by atoms with van der Waals surface area (Å²) >= 11 is 6.78. The molecule has 0 radical (unpaired) electrons. The van der Waals surface area contributed by atoms with E-state index < -0.39 is 23.6 Å². The van der Waals surface area contributed by atoms with Crippen LogP contribution in [0.3, 0.4) is 0 Å². The Bertz CT molecular complexity index is 1020. The number of nitrogens with one attached hydrogen (secondary N) is 1. The van der Waals surface area contributed by atoms with Crippen LogP contribution in [-0.4, -0.2) is 35.3 Å². The molecule has 1 fully saturated rings.